The van der Waals surface area contributed by atoms with E-state index in [2.05, 4.69) is 34.6 Å². The average Bonchev–Trinajstić information content (AvgIpc) is 2.90. The van der Waals surface area contributed by atoms with Gasteiger partial charge in [-0.25, -0.2) is 0 Å². The fourth-order valence-electron chi connectivity index (χ4n) is 1.54. The van der Waals surface area contributed by atoms with Crippen LogP contribution in [-0.2, 0) is 11.2 Å². The van der Waals surface area contributed by atoms with Gasteiger partial charge in [-0.05, 0) is 23.6 Å². The molecule has 0 saturated heterocycles. The van der Waals surface area contributed by atoms with Gasteiger partial charge >= 0.3 is 0 Å². The summed E-state index contributed by atoms with van der Waals surface area (Å²) < 4.78 is 0. The first-order valence-electron chi connectivity index (χ1n) is 5.84. The zero-order valence-corrected chi connectivity index (χ0v) is 10.2. The van der Waals surface area contributed by atoms with Gasteiger partial charge in [-0.15, -0.1) is 0 Å². The van der Waals surface area contributed by atoms with Gasteiger partial charge in [0.2, 0.25) is 5.91 Å². The normalized spacial score (nSPS) is 10.7. The smallest absolute Gasteiger partial charge is 0.248 e. The molecule has 0 saturated carbocycles. The van der Waals surface area contributed by atoms with E-state index >= 15 is 0 Å². The van der Waals surface area contributed by atoms with E-state index in [-0.39, 0.29) is 5.91 Å². The van der Waals surface area contributed by atoms with Gasteiger partial charge in [0.15, 0.2) is 0 Å². The van der Waals surface area contributed by atoms with E-state index in [0.29, 0.717) is 5.69 Å². The molecule has 0 atom stereocenters. The number of nitrogens with one attached hydrogen (secondary N) is 2. The number of hydrogen-bond donors (Lipinski definition) is 2. The number of hydrogen-bond acceptors (Lipinski definition) is 2. The lowest BCUT2D eigenvalue weighted by Crippen LogP contribution is -2.06. The average molecular weight is 241 g/mol. The first kappa shape index (κ1) is 12.1. The molecule has 4 heteroatoms. The highest BCUT2D eigenvalue weighted by Crippen LogP contribution is 2.07. The van der Waals surface area contributed by atoms with Crippen molar-refractivity contribution in [3.63, 3.8) is 0 Å². The molecule has 1 aromatic carbocycles. The van der Waals surface area contributed by atoms with E-state index in [1.807, 2.05) is 12.1 Å². The lowest BCUT2D eigenvalue weighted by atomic mass is 10.1. The van der Waals surface area contributed by atoms with Crippen LogP contribution >= 0.6 is 0 Å². The molecule has 1 aromatic heterocycles. The fourth-order valence-corrected chi connectivity index (χ4v) is 1.54. The maximum atomic E-state index is 11.6. The van der Waals surface area contributed by atoms with Crippen LogP contribution in [-0.4, -0.2) is 16.1 Å². The first-order valence-corrected chi connectivity index (χ1v) is 5.84. The van der Waals surface area contributed by atoms with Gasteiger partial charge in [-0.3, -0.25) is 9.89 Å². The van der Waals surface area contributed by atoms with Gasteiger partial charge in [0.1, 0.15) is 0 Å². The minimum Gasteiger partial charge on any atom is -0.320 e. The molecule has 0 radical (unpaired) electrons. The second kappa shape index (κ2) is 5.82. The number of benzene rings is 1. The molecule has 0 aliphatic carbocycles. The van der Waals surface area contributed by atoms with Gasteiger partial charge in [0.05, 0.1) is 11.9 Å². The summed E-state index contributed by atoms with van der Waals surface area (Å²) in [7, 11) is 0. The Kier molecular flexibility index (Phi) is 3.91. The maximum absolute atomic E-state index is 11.6. The summed E-state index contributed by atoms with van der Waals surface area (Å²) in [5.74, 6) is -0.170. The van der Waals surface area contributed by atoms with Crippen LogP contribution in [0.3, 0.4) is 0 Å². The molecule has 0 fully saturated rings. The van der Waals surface area contributed by atoms with E-state index in [1.54, 1.807) is 18.5 Å². The van der Waals surface area contributed by atoms with Crippen LogP contribution in [0.2, 0.25) is 0 Å². The molecule has 0 bridgehead atoms. The van der Waals surface area contributed by atoms with Crippen molar-refractivity contribution < 1.29 is 4.79 Å². The molecule has 2 aromatic rings. The van der Waals surface area contributed by atoms with Crippen molar-refractivity contribution in [2.24, 2.45) is 0 Å². The highest BCUT2D eigenvalue weighted by molar-refractivity contribution is 6.01. The minimum atomic E-state index is -0.170. The molecule has 18 heavy (non-hydrogen) atoms. The molecule has 0 aliphatic heterocycles. The molecule has 1 heterocycles. The van der Waals surface area contributed by atoms with Crippen LogP contribution in [0.1, 0.15) is 18.1 Å². The van der Waals surface area contributed by atoms with Gasteiger partial charge in [0, 0.05) is 12.3 Å². The van der Waals surface area contributed by atoms with Crippen LogP contribution in [0.15, 0.2) is 42.7 Å². The van der Waals surface area contributed by atoms with Crippen LogP contribution in [0.4, 0.5) is 5.69 Å². The van der Waals surface area contributed by atoms with E-state index in [9.17, 15) is 4.79 Å². The molecule has 0 aliphatic rings. The summed E-state index contributed by atoms with van der Waals surface area (Å²) in [5, 5.41) is 9.08. The summed E-state index contributed by atoms with van der Waals surface area (Å²) in [6.45, 7) is 2.11. The number of aromatic nitrogens is 2. The zero-order chi connectivity index (χ0) is 12.8. The summed E-state index contributed by atoms with van der Waals surface area (Å²) in [5.41, 5.74) is 2.95. The largest absolute Gasteiger partial charge is 0.320 e. The molecule has 4 nitrogen and oxygen atoms in total. The second-order valence-corrected chi connectivity index (χ2v) is 3.90. The van der Waals surface area contributed by atoms with E-state index in [1.165, 1.54) is 11.6 Å². The topological polar surface area (TPSA) is 57.8 Å². The van der Waals surface area contributed by atoms with Crippen molar-refractivity contribution in [1.29, 1.82) is 0 Å². The van der Waals surface area contributed by atoms with Gasteiger partial charge in [-0.1, -0.05) is 31.2 Å². The van der Waals surface area contributed by atoms with Crippen molar-refractivity contribution in [2.45, 2.75) is 13.3 Å². The predicted molar refractivity (Wildman–Crippen MR) is 72.1 cm³/mol. The van der Waals surface area contributed by atoms with Crippen molar-refractivity contribution >= 4 is 17.7 Å². The molecule has 0 spiro atoms. The Morgan fingerprint density at radius 2 is 2.17 bits per heavy atom. The Morgan fingerprint density at radius 1 is 1.39 bits per heavy atom. The molecular formula is C14H15N3O. The monoisotopic (exact) mass is 241 g/mol. The molecular weight excluding hydrogens is 226 g/mol. The van der Waals surface area contributed by atoms with Crippen LogP contribution in [0, 0.1) is 0 Å². The van der Waals surface area contributed by atoms with E-state index in [4.69, 9.17) is 0 Å². The lowest BCUT2D eigenvalue weighted by Gasteiger charge is -1.98. The highest BCUT2D eigenvalue weighted by atomic mass is 16.1. The number of nitrogens with zero attached hydrogens (tertiary/aromatic N) is 1. The number of amides is 1. The minimum absolute atomic E-state index is 0.170. The predicted octanol–water partition coefficient (Wildman–Crippen LogP) is 2.62. The first-order chi connectivity index (χ1) is 8.78. The third-order valence-electron chi connectivity index (χ3n) is 2.58. The van der Waals surface area contributed by atoms with Crippen LogP contribution < -0.4 is 5.32 Å². The van der Waals surface area contributed by atoms with Gasteiger partial charge in [0.25, 0.3) is 0 Å². The Labute approximate surface area is 106 Å². The van der Waals surface area contributed by atoms with Crippen molar-refractivity contribution in [3.05, 3.63) is 53.9 Å². The lowest BCUT2D eigenvalue weighted by molar-refractivity contribution is -0.111. The van der Waals surface area contributed by atoms with E-state index < -0.39 is 0 Å². The number of anilines is 1. The summed E-state index contributed by atoms with van der Waals surface area (Å²) in [6.07, 6.45) is 7.50. The van der Waals surface area contributed by atoms with Crippen LogP contribution in [0.25, 0.3) is 6.08 Å². The van der Waals surface area contributed by atoms with Crippen molar-refractivity contribution in [1.82, 2.24) is 10.2 Å². The number of H-pyrrole nitrogens is 1. The summed E-state index contributed by atoms with van der Waals surface area (Å²) in [4.78, 5) is 11.6. The Balaban J connectivity index is 1.95. The fraction of sp³-hybridized carbons (Fsp3) is 0.143. The van der Waals surface area contributed by atoms with Crippen molar-refractivity contribution in [2.75, 3.05) is 5.32 Å². The van der Waals surface area contributed by atoms with Gasteiger partial charge < -0.3 is 5.32 Å². The van der Waals surface area contributed by atoms with Crippen molar-refractivity contribution in [3.8, 4) is 0 Å². The molecule has 2 rings (SSSR count). The molecule has 2 N–H and O–H groups in total. The maximum Gasteiger partial charge on any atom is 0.248 e. The highest BCUT2D eigenvalue weighted by Gasteiger charge is 1.97. The third-order valence-corrected chi connectivity index (χ3v) is 2.58. The molecule has 1 amide bonds. The molecule has 92 valence electrons. The quantitative estimate of drug-likeness (QED) is 0.808. The van der Waals surface area contributed by atoms with Crippen LogP contribution in [0.5, 0.6) is 0 Å². The number of rotatable bonds is 4. The number of aromatic amines is 1. The third kappa shape index (κ3) is 3.31. The SMILES string of the molecule is CCc1ccc(/C=C/C(=O)Nc2cn[nH]c2)cc1. The zero-order valence-electron chi connectivity index (χ0n) is 10.2. The van der Waals surface area contributed by atoms with Gasteiger partial charge in [-0.2, -0.15) is 5.10 Å². The number of carbonyl (C=O) groups excluding carboxylic acids is 1. The number of aryl methyl sites for hydroxylation is 1. The Hall–Kier alpha value is -2.36. The Bertz CT molecular complexity index is 527. The Morgan fingerprint density at radius 3 is 2.78 bits per heavy atom. The summed E-state index contributed by atoms with van der Waals surface area (Å²) >= 11 is 0. The standard InChI is InChI=1S/C14H15N3O/c1-2-11-3-5-12(6-4-11)7-8-14(18)17-13-9-15-16-10-13/h3-10H,2H2,1H3,(H,15,16)(H,17,18)/b8-7+. The molecule has 0 unspecified atom stereocenters. The summed E-state index contributed by atoms with van der Waals surface area (Å²) in [6, 6.07) is 8.13. The number of carbonyl (C=O) groups is 1. The van der Waals surface area contributed by atoms with E-state index in [0.717, 1.165) is 12.0 Å². The second-order valence-electron chi connectivity index (χ2n) is 3.90.